The molecule has 2 N–H and O–H groups in total. The number of aliphatic carboxylic acids is 1. The number of hydrogen-bond donors (Lipinski definition) is 2. The molecule has 0 spiro atoms. The van der Waals surface area contributed by atoms with E-state index >= 15 is 0 Å². The van der Waals surface area contributed by atoms with Gasteiger partial charge >= 0.3 is 5.97 Å². The smallest absolute Gasteiger partial charge is 0.320 e. The van der Waals surface area contributed by atoms with Gasteiger partial charge in [-0.25, -0.2) is 15.0 Å². The number of carboxylic acids is 1. The summed E-state index contributed by atoms with van der Waals surface area (Å²) in [6.07, 6.45) is 7.04. The molecule has 2 heterocycles. The van der Waals surface area contributed by atoms with Gasteiger partial charge in [-0.05, 0) is 42.1 Å². The first-order valence-electron chi connectivity index (χ1n) is 8.84. The van der Waals surface area contributed by atoms with Crippen LogP contribution < -0.4 is 5.32 Å². The SMILES string of the molecule is C[C@H](N[C@@H](CCCC[N+](C)(C)C)C(=O)O)c1ncnn1-c1ncc(Br)cn1. The quantitative estimate of drug-likeness (QED) is 0.428. The maximum Gasteiger partial charge on any atom is 0.320 e. The monoisotopic (exact) mass is 440 g/mol. The maximum atomic E-state index is 11.6. The van der Waals surface area contributed by atoms with Crippen LogP contribution in [-0.4, -0.2) is 74.0 Å². The molecule has 0 saturated carbocycles. The largest absolute Gasteiger partial charge is 0.480 e. The number of nitrogens with one attached hydrogen (secondary N) is 1. The number of carbonyl (C=O) groups is 1. The van der Waals surface area contributed by atoms with E-state index in [4.69, 9.17) is 0 Å². The molecule has 10 heteroatoms. The highest BCUT2D eigenvalue weighted by atomic mass is 79.9. The van der Waals surface area contributed by atoms with Crippen molar-refractivity contribution >= 4 is 21.9 Å². The molecular formula is C17H27BrN7O2+. The summed E-state index contributed by atoms with van der Waals surface area (Å²) in [4.78, 5) is 24.3. The molecule has 0 aliphatic carbocycles. The Hall–Kier alpha value is -1.91. The third-order valence-corrected chi connectivity index (χ3v) is 4.49. The van der Waals surface area contributed by atoms with E-state index in [-0.39, 0.29) is 6.04 Å². The molecule has 0 saturated heterocycles. The first kappa shape index (κ1) is 21.4. The summed E-state index contributed by atoms with van der Waals surface area (Å²) in [7, 11) is 6.39. The van der Waals surface area contributed by atoms with E-state index in [1.807, 2.05) is 6.92 Å². The molecular weight excluding hydrogens is 414 g/mol. The normalized spacial score (nSPS) is 14.1. The van der Waals surface area contributed by atoms with Crippen LogP contribution in [0.15, 0.2) is 23.2 Å². The second-order valence-corrected chi connectivity index (χ2v) is 8.44. The topological polar surface area (TPSA) is 106 Å². The van der Waals surface area contributed by atoms with Crippen LogP contribution in [0, 0.1) is 0 Å². The van der Waals surface area contributed by atoms with E-state index in [0.717, 1.165) is 28.3 Å². The Balaban J connectivity index is 2.01. The van der Waals surface area contributed by atoms with Crippen LogP contribution in [0.5, 0.6) is 0 Å². The predicted molar refractivity (Wildman–Crippen MR) is 104 cm³/mol. The molecule has 2 atom stereocenters. The Bertz CT molecular complexity index is 742. The Morgan fingerprint density at radius 3 is 2.52 bits per heavy atom. The average molecular weight is 441 g/mol. The van der Waals surface area contributed by atoms with Gasteiger partial charge in [-0.3, -0.25) is 10.1 Å². The summed E-state index contributed by atoms with van der Waals surface area (Å²) in [5, 5.41) is 16.9. The zero-order chi connectivity index (χ0) is 20.0. The first-order valence-corrected chi connectivity index (χ1v) is 9.64. The van der Waals surface area contributed by atoms with E-state index in [1.165, 1.54) is 11.0 Å². The van der Waals surface area contributed by atoms with E-state index in [0.29, 0.717) is 18.2 Å². The van der Waals surface area contributed by atoms with Crippen LogP contribution in [0.4, 0.5) is 0 Å². The zero-order valence-corrected chi connectivity index (χ0v) is 17.7. The minimum atomic E-state index is -0.863. The zero-order valence-electron chi connectivity index (χ0n) is 16.1. The minimum Gasteiger partial charge on any atom is -0.480 e. The highest BCUT2D eigenvalue weighted by molar-refractivity contribution is 9.10. The third-order valence-electron chi connectivity index (χ3n) is 4.08. The Morgan fingerprint density at radius 2 is 1.93 bits per heavy atom. The van der Waals surface area contributed by atoms with Crippen LogP contribution in [-0.2, 0) is 4.79 Å². The molecule has 0 amide bonds. The van der Waals surface area contributed by atoms with Gasteiger partial charge in [0.05, 0.1) is 38.2 Å². The molecule has 0 unspecified atom stereocenters. The molecule has 0 radical (unpaired) electrons. The minimum absolute atomic E-state index is 0.320. The van der Waals surface area contributed by atoms with Gasteiger partial charge in [0.1, 0.15) is 12.4 Å². The van der Waals surface area contributed by atoms with E-state index in [9.17, 15) is 9.90 Å². The molecule has 27 heavy (non-hydrogen) atoms. The summed E-state index contributed by atoms with van der Waals surface area (Å²) in [6.45, 7) is 2.87. The van der Waals surface area contributed by atoms with Crippen molar-refractivity contribution in [3.8, 4) is 5.95 Å². The summed E-state index contributed by atoms with van der Waals surface area (Å²) in [6, 6.07) is -0.970. The molecule has 0 aliphatic heterocycles. The number of quaternary nitrogens is 1. The van der Waals surface area contributed by atoms with Crippen molar-refractivity contribution < 1.29 is 14.4 Å². The number of aromatic nitrogens is 5. The summed E-state index contributed by atoms with van der Waals surface area (Å²) in [5.74, 6) is 0.0853. The van der Waals surface area contributed by atoms with Gasteiger partial charge in [0.25, 0.3) is 5.95 Å². The van der Waals surface area contributed by atoms with Gasteiger partial charge < -0.3 is 9.59 Å². The van der Waals surface area contributed by atoms with Crippen LogP contribution in [0.1, 0.15) is 38.1 Å². The second-order valence-electron chi connectivity index (χ2n) is 7.52. The summed E-state index contributed by atoms with van der Waals surface area (Å²) < 4.78 is 3.15. The van der Waals surface area contributed by atoms with Gasteiger partial charge in [-0.1, -0.05) is 0 Å². The van der Waals surface area contributed by atoms with Crippen LogP contribution in [0.3, 0.4) is 0 Å². The van der Waals surface area contributed by atoms with Gasteiger partial charge in [0, 0.05) is 12.4 Å². The molecule has 2 aromatic heterocycles. The molecule has 0 aromatic carbocycles. The van der Waals surface area contributed by atoms with E-state index in [1.54, 1.807) is 12.4 Å². The number of rotatable bonds is 10. The number of halogens is 1. The van der Waals surface area contributed by atoms with Crippen molar-refractivity contribution in [2.24, 2.45) is 0 Å². The van der Waals surface area contributed by atoms with Crippen molar-refractivity contribution in [2.45, 2.75) is 38.3 Å². The van der Waals surface area contributed by atoms with Gasteiger partial charge in [0.2, 0.25) is 0 Å². The summed E-state index contributed by atoms with van der Waals surface area (Å²) >= 11 is 3.30. The van der Waals surface area contributed by atoms with E-state index in [2.05, 4.69) is 62.4 Å². The molecule has 148 valence electrons. The van der Waals surface area contributed by atoms with Crippen molar-refractivity contribution in [3.63, 3.8) is 0 Å². The number of unbranched alkanes of at least 4 members (excludes halogenated alkanes) is 1. The lowest BCUT2D eigenvalue weighted by Gasteiger charge is -2.24. The van der Waals surface area contributed by atoms with Crippen LogP contribution in [0.2, 0.25) is 0 Å². The first-order chi connectivity index (χ1) is 12.7. The predicted octanol–water partition coefficient (Wildman–Crippen LogP) is 1.80. The lowest BCUT2D eigenvalue weighted by atomic mass is 10.1. The number of nitrogens with zero attached hydrogens (tertiary/aromatic N) is 6. The molecule has 2 rings (SSSR count). The molecule has 2 aromatic rings. The van der Waals surface area contributed by atoms with Crippen molar-refractivity contribution in [1.82, 2.24) is 30.0 Å². The Labute approximate surface area is 167 Å². The van der Waals surface area contributed by atoms with Crippen LogP contribution in [0.25, 0.3) is 5.95 Å². The van der Waals surface area contributed by atoms with Crippen molar-refractivity contribution in [1.29, 1.82) is 0 Å². The van der Waals surface area contributed by atoms with Crippen molar-refractivity contribution in [3.05, 3.63) is 29.0 Å². The van der Waals surface area contributed by atoms with E-state index < -0.39 is 12.0 Å². The fourth-order valence-corrected chi connectivity index (χ4v) is 2.91. The maximum absolute atomic E-state index is 11.6. The lowest BCUT2D eigenvalue weighted by molar-refractivity contribution is -0.870. The molecule has 0 aliphatic rings. The molecule has 0 fully saturated rings. The lowest BCUT2D eigenvalue weighted by Crippen LogP contribution is -2.39. The Morgan fingerprint density at radius 1 is 1.26 bits per heavy atom. The third kappa shape index (κ3) is 6.64. The fourth-order valence-electron chi connectivity index (χ4n) is 2.70. The number of hydrogen-bond acceptors (Lipinski definition) is 6. The average Bonchev–Trinajstić information content (AvgIpc) is 3.06. The number of carboxylic acid groups (broad SMARTS) is 1. The molecule has 9 nitrogen and oxygen atoms in total. The van der Waals surface area contributed by atoms with Gasteiger partial charge in [0.15, 0.2) is 5.82 Å². The molecule has 0 bridgehead atoms. The highest BCUT2D eigenvalue weighted by Crippen LogP contribution is 2.15. The van der Waals surface area contributed by atoms with Crippen molar-refractivity contribution in [2.75, 3.05) is 27.7 Å². The Kier molecular flexibility index (Phi) is 7.40. The summed E-state index contributed by atoms with van der Waals surface area (Å²) in [5.41, 5.74) is 0. The second kappa shape index (κ2) is 9.34. The highest BCUT2D eigenvalue weighted by Gasteiger charge is 2.23. The fraction of sp³-hybridized carbons (Fsp3) is 0.588. The van der Waals surface area contributed by atoms with Crippen LogP contribution >= 0.6 is 15.9 Å². The van der Waals surface area contributed by atoms with Gasteiger partial charge in [-0.15, -0.1) is 0 Å². The standard InChI is InChI=1S/C17H26BrN7O2/c1-12(23-14(16(26)27)7-5-6-8-25(2,3)4)15-21-11-22-24(15)17-19-9-13(18)10-20-17/h9-12,14,23H,5-8H2,1-4H3/p+1/t12-,14-/m0/s1. The van der Waals surface area contributed by atoms with Gasteiger partial charge in [-0.2, -0.15) is 9.78 Å².